The highest BCUT2D eigenvalue weighted by Gasteiger charge is 2.51. The molecule has 2 nitrogen and oxygen atoms in total. The van der Waals surface area contributed by atoms with Gasteiger partial charge in [-0.25, -0.2) is 4.39 Å². The minimum Gasteiger partial charge on any atom is -0.345 e. The largest absolute Gasteiger partial charge is 0.345 e. The fourth-order valence-corrected chi connectivity index (χ4v) is 5.02. The number of hydrogen-bond acceptors (Lipinski definition) is 2. The fraction of sp³-hybridized carbons (Fsp3) is 0.379. The number of aryl methyl sites for hydroxylation is 1. The first kappa shape index (κ1) is 21.4. The smallest absolute Gasteiger partial charge is 0.194 e. The molecule has 0 spiro atoms. The first-order valence-corrected chi connectivity index (χ1v) is 11.8. The molecule has 3 aliphatic rings. The predicted octanol–water partition coefficient (Wildman–Crippen LogP) is 7.50. The molecule has 166 valence electrons. The van der Waals surface area contributed by atoms with Crippen molar-refractivity contribution in [1.29, 1.82) is 0 Å². The Morgan fingerprint density at radius 1 is 0.781 bits per heavy atom. The summed E-state index contributed by atoms with van der Waals surface area (Å²) in [4.78, 5) is 0. The van der Waals surface area contributed by atoms with E-state index < -0.39 is 5.79 Å². The minimum absolute atomic E-state index is 0.183. The number of fused-ring (bicyclic) bond motifs is 3. The maximum absolute atomic E-state index is 15.1. The highest BCUT2D eigenvalue weighted by Crippen LogP contribution is 2.50. The second-order valence-corrected chi connectivity index (χ2v) is 9.40. The summed E-state index contributed by atoms with van der Waals surface area (Å²) in [6, 6.07) is 21.9. The zero-order valence-electron chi connectivity index (χ0n) is 19.0. The standard InChI is InChI=1S/C29H31FO2/c1-3-5-21-6-8-22(9-7-21)24-12-15-26(27(30)18-24)23-10-13-25(14-11-23)29-17-16-28(4-2,19-31-29)20-32-29/h6-15,18H,3-5,16-17,19-20H2,1-2H3. The van der Waals surface area contributed by atoms with Crippen LogP contribution in [0.2, 0.25) is 0 Å². The van der Waals surface area contributed by atoms with E-state index in [2.05, 4.69) is 38.1 Å². The van der Waals surface area contributed by atoms with Crippen LogP contribution in [0.3, 0.4) is 0 Å². The second kappa shape index (κ2) is 8.46. The first-order valence-electron chi connectivity index (χ1n) is 11.8. The first-order chi connectivity index (χ1) is 15.6. The van der Waals surface area contributed by atoms with Crippen molar-refractivity contribution in [3.63, 3.8) is 0 Å². The molecule has 0 atom stereocenters. The number of benzene rings is 3. The van der Waals surface area contributed by atoms with Gasteiger partial charge in [0.25, 0.3) is 0 Å². The van der Waals surface area contributed by atoms with Crippen LogP contribution in [0.25, 0.3) is 22.3 Å². The van der Waals surface area contributed by atoms with E-state index in [1.807, 2.05) is 36.4 Å². The van der Waals surface area contributed by atoms with Crippen LogP contribution in [0.5, 0.6) is 0 Å². The van der Waals surface area contributed by atoms with Crippen molar-refractivity contribution in [3.05, 3.63) is 83.7 Å². The average molecular weight is 431 g/mol. The van der Waals surface area contributed by atoms with Gasteiger partial charge in [-0.15, -0.1) is 0 Å². The molecule has 3 aliphatic heterocycles. The van der Waals surface area contributed by atoms with Gasteiger partial charge < -0.3 is 9.47 Å². The summed E-state index contributed by atoms with van der Waals surface area (Å²) in [7, 11) is 0. The molecule has 3 aromatic rings. The molecule has 3 heterocycles. The molecule has 0 N–H and O–H groups in total. The zero-order valence-corrected chi connectivity index (χ0v) is 19.0. The average Bonchev–Trinajstić information content (AvgIpc) is 2.86. The highest BCUT2D eigenvalue weighted by molar-refractivity contribution is 5.71. The normalized spacial score (nSPS) is 24.6. The lowest BCUT2D eigenvalue weighted by atomic mass is 9.75. The van der Waals surface area contributed by atoms with Gasteiger partial charge in [-0.1, -0.05) is 80.9 Å². The molecule has 0 amide bonds. The summed E-state index contributed by atoms with van der Waals surface area (Å²) in [6.45, 7) is 5.89. The highest BCUT2D eigenvalue weighted by atomic mass is 19.1. The zero-order chi connectivity index (χ0) is 22.2. The number of ether oxygens (including phenoxy) is 2. The summed E-state index contributed by atoms with van der Waals surface area (Å²) >= 11 is 0. The molecule has 6 rings (SSSR count). The Morgan fingerprint density at radius 3 is 2.00 bits per heavy atom. The van der Waals surface area contributed by atoms with E-state index in [4.69, 9.17) is 9.47 Å². The van der Waals surface area contributed by atoms with Crippen molar-refractivity contribution >= 4 is 0 Å². The van der Waals surface area contributed by atoms with Crippen molar-refractivity contribution < 1.29 is 13.9 Å². The summed E-state index contributed by atoms with van der Waals surface area (Å²) in [6.07, 6.45) is 5.28. The summed E-state index contributed by atoms with van der Waals surface area (Å²) in [5, 5.41) is 0. The van der Waals surface area contributed by atoms with Crippen LogP contribution in [-0.2, 0) is 21.7 Å². The lowest BCUT2D eigenvalue weighted by Gasteiger charge is -2.52. The second-order valence-electron chi connectivity index (χ2n) is 9.40. The number of halogens is 1. The van der Waals surface area contributed by atoms with E-state index in [1.54, 1.807) is 6.07 Å². The van der Waals surface area contributed by atoms with Crippen LogP contribution < -0.4 is 0 Å². The maximum Gasteiger partial charge on any atom is 0.194 e. The van der Waals surface area contributed by atoms with Gasteiger partial charge in [0.15, 0.2) is 5.79 Å². The van der Waals surface area contributed by atoms with Crippen LogP contribution >= 0.6 is 0 Å². The van der Waals surface area contributed by atoms with Crippen LogP contribution in [0, 0.1) is 11.2 Å². The Morgan fingerprint density at radius 2 is 1.44 bits per heavy atom. The van der Waals surface area contributed by atoms with E-state index in [1.165, 1.54) is 5.56 Å². The van der Waals surface area contributed by atoms with Gasteiger partial charge in [-0.2, -0.15) is 0 Å². The van der Waals surface area contributed by atoms with E-state index >= 15 is 4.39 Å². The van der Waals surface area contributed by atoms with Crippen LogP contribution in [0.1, 0.15) is 50.7 Å². The third kappa shape index (κ3) is 3.78. The molecule has 0 aliphatic carbocycles. The lowest BCUT2D eigenvalue weighted by molar-refractivity contribution is -0.350. The number of hydrogen-bond donors (Lipinski definition) is 0. The van der Waals surface area contributed by atoms with Gasteiger partial charge in [0.2, 0.25) is 0 Å². The predicted molar refractivity (Wildman–Crippen MR) is 127 cm³/mol. The van der Waals surface area contributed by atoms with Crippen molar-refractivity contribution in [3.8, 4) is 22.3 Å². The Labute approximate surface area is 190 Å². The van der Waals surface area contributed by atoms with Gasteiger partial charge >= 0.3 is 0 Å². The Kier molecular flexibility index (Phi) is 5.65. The molecular formula is C29H31FO2. The quantitative estimate of drug-likeness (QED) is 0.403. The summed E-state index contributed by atoms with van der Waals surface area (Å²) < 4.78 is 27.5. The van der Waals surface area contributed by atoms with Gasteiger partial charge in [-0.3, -0.25) is 0 Å². The van der Waals surface area contributed by atoms with Crippen molar-refractivity contribution in [2.24, 2.45) is 5.41 Å². The monoisotopic (exact) mass is 430 g/mol. The van der Waals surface area contributed by atoms with E-state index in [0.29, 0.717) is 5.56 Å². The minimum atomic E-state index is -0.637. The number of rotatable bonds is 6. The van der Waals surface area contributed by atoms with Gasteiger partial charge in [0.05, 0.1) is 13.2 Å². The van der Waals surface area contributed by atoms with Gasteiger partial charge in [0, 0.05) is 23.0 Å². The van der Waals surface area contributed by atoms with E-state index in [0.717, 1.165) is 67.6 Å². The Balaban J connectivity index is 1.35. The topological polar surface area (TPSA) is 18.5 Å². The fourth-order valence-electron chi connectivity index (χ4n) is 5.02. The van der Waals surface area contributed by atoms with Crippen molar-refractivity contribution in [1.82, 2.24) is 0 Å². The Hall–Kier alpha value is -2.49. The van der Waals surface area contributed by atoms with E-state index in [-0.39, 0.29) is 11.2 Å². The van der Waals surface area contributed by atoms with Crippen molar-refractivity contribution in [2.75, 3.05) is 13.2 Å². The maximum atomic E-state index is 15.1. The van der Waals surface area contributed by atoms with Gasteiger partial charge in [-0.05, 0) is 47.6 Å². The van der Waals surface area contributed by atoms with Gasteiger partial charge in [0.1, 0.15) is 5.82 Å². The molecule has 0 saturated carbocycles. The SMILES string of the molecule is CCCc1ccc(-c2ccc(-c3ccc(C45CCC(CC)(CO4)CO5)cc3)c(F)c2)cc1. The molecule has 3 fully saturated rings. The molecule has 3 heteroatoms. The van der Waals surface area contributed by atoms with Crippen LogP contribution in [0.4, 0.5) is 4.39 Å². The Bertz CT molecular complexity index is 1060. The lowest BCUT2D eigenvalue weighted by Crippen LogP contribution is -2.53. The molecule has 2 bridgehead atoms. The molecule has 3 aromatic carbocycles. The van der Waals surface area contributed by atoms with Crippen LogP contribution in [-0.4, -0.2) is 13.2 Å². The summed E-state index contributed by atoms with van der Waals surface area (Å²) in [5.41, 5.74) is 5.93. The molecule has 32 heavy (non-hydrogen) atoms. The molecule has 0 aromatic heterocycles. The molecule has 0 radical (unpaired) electrons. The van der Waals surface area contributed by atoms with Crippen LogP contribution in [0.15, 0.2) is 66.7 Å². The molecule has 0 unspecified atom stereocenters. The third-order valence-corrected chi connectivity index (χ3v) is 7.39. The summed E-state index contributed by atoms with van der Waals surface area (Å²) in [5.74, 6) is -0.844. The van der Waals surface area contributed by atoms with E-state index in [9.17, 15) is 0 Å². The molecule has 3 saturated heterocycles. The van der Waals surface area contributed by atoms with Crippen molar-refractivity contribution in [2.45, 2.75) is 51.7 Å². The molecular weight excluding hydrogens is 399 g/mol. The third-order valence-electron chi connectivity index (χ3n) is 7.39.